The minimum Gasteiger partial charge on any atom is -0.486 e. The molecule has 2 N–H and O–H groups in total. The summed E-state index contributed by atoms with van der Waals surface area (Å²) in [5, 5.41) is 4.08. The minimum absolute atomic E-state index is 0.251. The Morgan fingerprint density at radius 3 is 2.86 bits per heavy atom. The fraction of sp³-hybridized carbons (Fsp3) is 0.333. The van der Waals surface area contributed by atoms with Crippen LogP contribution in [-0.2, 0) is 13.6 Å². The number of benzene rings is 1. The average Bonchev–Trinajstić information content (AvgIpc) is 2.69. The van der Waals surface area contributed by atoms with Gasteiger partial charge in [0.05, 0.1) is 6.61 Å². The number of nitrogen functional groups attached to an aromatic ring is 1. The molecule has 21 heavy (non-hydrogen) atoms. The summed E-state index contributed by atoms with van der Waals surface area (Å²) < 4.78 is 6.84. The molecule has 2 heterocycles. The van der Waals surface area contributed by atoms with Crippen LogP contribution in [0.1, 0.15) is 12.0 Å². The molecule has 1 aromatic carbocycles. The summed E-state index contributed by atoms with van der Waals surface area (Å²) in [6.07, 6.45) is 0.837. The molecule has 0 radical (unpaired) electrons. The van der Waals surface area contributed by atoms with E-state index < -0.39 is 0 Å². The van der Waals surface area contributed by atoms with Gasteiger partial charge >= 0.3 is 5.56 Å². The van der Waals surface area contributed by atoms with Gasteiger partial charge in [0.1, 0.15) is 5.69 Å². The van der Waals surface area contributed by atoms with Crippen LogP contribution in [0.2, 0.25) is 0 Å². The molecule has 0 spiro atoms. The summed E-state index contributed by atoms with van der Waals surface area (Å²) in [7, 11) is 1.58. The van der Waals surface area contributed by atoms with E-state index in [1.54, 1.807) is 7.05 Å². The number of ether oxygens (including phenoxy) is 1. The molecule has 1 aliphatic heterocycles. The summed E-state index contributed by atoms with van der Waals surface area (Å²) in [6.45, 7) is 1.97. The van der Waals surface area contributed by atoms with E-state index >= 15 is 0 Å². The molecule has 0 saturated heterocycles. The van der Waals surface area contributed by atoms with Crippen molar-refractivity contribution in [2.45, 2.75) is 13.0 Å². The first-order chi connectivity index (χ1) is 10.2. The van der Waals surface area contributed by atoms with E-state index in [1.165, 1.54) is 4.68 Å². The molecule has 0 aliphatic carbocycles. The van der Waals surface area contributed by atoms with Crippen molar-refractivity contribution < 1.29 is 4.74 Å². The highest BCUT2D eigenvalue weighted by Crippen LogP contribution is 2.32. The Hall–Kier alpha value is -2.50. The summed E-state index contributed by atoms with van der Waals surface area (Å²) in [6, 6.07) is 10.1. The van der Waals surface area contributed by atoms with Crippen molar-refractivity contribution in [1.29, 1.82) is 0 Å². The van der Waals surface area contributed by atoms with Crippen molar-refractivity contribution in [3.63, 3.8) is 0 Å². The molecular weight excluding hydrogens is 268 g/mol. The van der Waals surface area contributed by atoms with Crippen molar-refractivity contribution in [3.05, 3.63) is 46.2 Å². The second-order valence-corrected chi connectivity index (χ2v) is 5.10. The van der Waals surface area contributed by atoms with Gasteiger partial charge < -0.3 is 15.4 Å². The molecular formula is C15H18N4O2. The molecule has 0 amide bonds. The van der Waals surface area contributed by atoms with Crippen LogP contribution < -0.4 is 20.9 Å². The van der Waals surface area contributed by atoms with E-state index in [9.17, 15) is 4.79 Å². The molecule has 1 aliphatic rings. The molecule has 0 saturated carbocycles. The van der Waals surface area contributed by atoms with E-state index in [0.717, 1.165) is 18.5 Å². The van der Waals surface area contributed by atoms with E-state index in [2.05, 4.69) is 22.1 Å². The number of hydrogen-bond donors (Lipinski definition) is 1. The lowest BCUT2D eigenvalue weighted by atomic mass is 10.2. The van der Waals surface area contributed by atoms with E-state index in [0.29, 0.717) is 30.4 Å². The first-order valence-electron chi connectivity index (χ1n) is 6.95. The van der Waals surface area contributed by atoms with Crippen LogP contribution >= 0.6 is 0 Å². The number of aromatic nitrogens is 2. The third-order valence-electron chi connectivity index (χ3n) is 3.55. The lowest BCUT2D eigenvalue weighted by molar-refractivity contribution is 0.315. The number of rotatable bonds is 2. The summed E-state index contributed by atoms with van der Waals surface area (Å²) >= 11 is 0. The van der Waals surface area contributed by atoms with Gasteiger partial charge in [0, 0.05) is 20.1 Å². The highest BCUT2D eigenvalue weighted by molar-refractivity contribution is 5.71. The lowest BCUT2D eigenvalue weighted by Crippen LogP contribution is -2.29. The number of hydrogen-bond acceptors (Lipinski definition) is 5. The maximum absolute atomic E-state index is 12.2. The van der Waals surface area contributed by atoms with Gasteiger partial charge in [-0.25, -0.2) is 4.68 Å². The molecule has 2 aromatic rings. The average molecular weight is 286 g/mol. The number of anilines is 2. The molecule has 110 valence electrons. The van der Waals surface area contributed by atoms with Gasteiger partial charge in [0.2, 0.25) is 5.75 Å². The molecule has 0 bridgehead atoms. The predicted octanol–water partition coefficient (Wildman–Crippen LogP) is 1.15. The number of aryl methyl sites for hydroxylation is 1. The molecule has 0 unspecified atom stereocenters. The maximum Gasteiger partial charge on any atom is 0.311 e. The second kappa shape index (κ2) is 5.47. The minimum atomic E-state index is -0.251. The van der Waals surface area contributed by atoms with E-state index in [4.69, 9.17) is 10.5 Å². The number of nitrogens with zero attached hydrogens (tertiary/aromatic N) is 3. The van der Waals surface area contributed by atoms with E-state index in [1.807, 2.05) is 18.2 Å². The Kier molecular flexibility index (Phi) is 3.51. The molecule has 1 aromatic heterocycles. The topological polar surface area (TPSA) is 73.4 Å². The zero-order valence-corrected chi connectivity index (χ0v) is 12.0. The van der Waals surface area contributed by atoms with Crippen LogP contribution in [-0.4, -0.2) is 22.9 Å². The van der Waals surface area contributed by atoms with Crippen molar-refractivity contribution in [1.82, 2.24) is 9.78 Å². The highest BCUT2D eigenvalue weighted by Gasteiger charge is 2.24. The Bertz CT molecular complexity index is 697. The van der Waals surface area contributed by atoms with E-state index in [-0.39, 0.29) is 5.56 Å². The summed E-state index contributed by atoms with van der Waals surface area (Å²) in [5.41, 5.74) is 7.55. The summed E-state index contributed by atoms with van der Waals surface area (Å²) in [4.78, 5) is 14.3. The van der Waals surface area contributed by atoms with Crippen molar-refractivity contribution >= 4 is 11.5 Å². The largest absolute Gasteiger partial charge is 0.486 e. The molecule has 6 nitrogen and oxygen atoms in total. The van der Waals surface area contributed by atoms with Gasteiger partial charge in [-0.1, -0.05) is 30.3 Å². The maximum atomic E-state index is 12.2. The molecule has 3 rings (SSSR count). The SMILES string of the molecule is Cn1nc(N)c2c(c1=O)OCCCN2Cc1ccccc1. The molecule has 0 fully saturated rings. The quantitative estimate of drug-likeness (QED) is 0.896. The van der Waals surface area contributed by atoms with Gasteiger partial charge in [0.15, 0.2) is 5.82 Å². The van der Waals surface area contributed by atoms with Crippen LogP contribution in [0.5, 0.6) is 5.75 Å². The number of nitrogens with two attached hydrogens (primary N) is 1. The third kappa shape index (κ3) is 2.56. The first-order valence-corrected chi connectivity index (χ1v) is 6.95. The monoisotopic (exact) mass is 286 g/mol. The Labute approximate surface area is 122 Å². The molecule has 0 atom stereocenters. The Morgan fingerprint density at radius 2 is 2.10 bits per heavy atom. The van der Waals surface area contributed by atoms with Crippen molar-refractivity contribution in [3.8, 4) is 5.75 Å². The van der Waals surface area contributed by atoms with Gasteiger partial charge in [-0.2, -0.15) is 5.10 Å². The summed E-state index contributed by atoms with van der Waals surface area (Å²) in [5.74, 6) is 0.628. The van der Waals surface area contributed by atoms with Crippen LogP contribution in [0.4, 0.5) is 11.5 Å². The lowest BCUT2D eigenvalue weighted by Gasteiger charge is -2.24. The predicted molar refractivity (Wildman–Crippen MR) is 81.5 cm³/mol. The fourth-order valence-corrected chi connectivity index (χ4v) is 2.56. The second-order valence-electron chi connectivity index (χ2n) is 5.10. The Morgan fingerprint density at radius 1 is 1.33 bits per heavy atom. The standard InChI is InChI=1S/C15H18N4O2/c1-18-15(20)13-12(14(16)17-18)19(8-5-9-21-13)10-11-6-3-2-4-7-11/h2-4,6-7H,5,8-10H2,1H3,(H2,16,17). The van der Waals surface area contributed by atoms with Gasteiger partial charge in [-0.3, -0.25) is 4.79 Å². The van der Waals surface area contributed by atoms with Gasteiger partial charge in [0.25, 0.3) is 0 Å². The third-order valence-corrected chi connectivity index (χ3v) is 3.55. The van der Waals surface area contributed by atoms with Crippen molar-refractivity contribution in [2.24, 2.45) is 7.05 Å². The normalized spacial score (nSPS) is 14.2. The van der Waals surface area contributed by atoms with Crippen LogP contribution in [0, 0.1) is 0 Å². The van der Waals surface area contributed by atoms with Crippen LogP contribution in [0.25, 0.3) is 0 Å². The molecule has 6 heteroatoms. The zero-order valence-electron chi connectivity index (χ0n) is 12.0. The van der Waals surface area contributed by atoms with Crippen LogP contribution in [0.3, 0.4) is 0 Å². The Balaban J connectivity index is 2.05. The van der Waals surface area contributed by atoms with Gasteiger partial charge in [-0.15, -0.1) is 0 Å². The van der Waals surface area contributed by atoms with Crippen LogP contribution in [0.15, 0.2) is 35.1 Å². The fourth-order valence-electron chi connectivity index (χ4n) is 2.56. The zero-order chi connectivity index (χ0) is 14.8. The number of fused-ring (bicyclic) bond motifs is 1. The van der Waals surface area contributed by atoms with Gasteiger partial charge in [-0.05, 0) is 12.0 Å². The highest BCUT2D eigenvalue weighted by atomic mass is 16.5. The smallest absolute Gasteiger partial charge is 0.311 e. The van der Waals surface area contributed by atoms with Crippen molar-refractivity contribution in [2.75, 3.05) is 23.8 Å². The first kappa shape index (κ1) is 13.5.